The molecule has 2 aromatic rings. The molecule has 6 heteroatoms. The molecule has 0 saturated carbocycles. The van der Waals surface area contributed by atoms with Crippen molar-refractivity contribution >= 4 is 15.9 Å². The van der Waals surface area contributed by atoms with Gasteiger partial charge in [0.25, 0.3) is 0 Å². The van der Waals surface area contributed by atoms with Gasteiger partial charge in [-0.15, -0.1) is 5.10 Å². The van der Waals surface area contributed by atoms with Crippen LogP contribution in [-0.2, 0) is 7.05 Å². The van der Waals surface area contributed by atoms with Gasteiger partial charge < -0.3 is 5.32 Å². The second kappa shape index (κ2) is 4.93. The number of hydrogen-bond acceptors (Lipinski definition) is 3. The molecule has 0 amide bonds. The maximum Gasteiger partial charge on any atom is 0.153 e. The molecule has 17 heavy (non-hydrogen) atoms. The molecule has 2 rings (SSSR count). The number of halogens is 2. The molecule has 0 saturated heterocycles. The summed E-state index contributed by atoms with van der Waals surface area (Å²) in [6, 6.07) is 6.30. The van der Waals surface area contributed by atoms with Crippen LogP contribution in [0.4, 0.5) is 4.39 Å². The summed E-state index contributed by atoms with van der Waals surface area (Å²) in [5, 5.41) is 11.0. The van der Waals surface area contributed by atoms with E-state index in [1.165, 1.54) is 12.1 Å². The Labute approximate surface area is 107 Å². The average Bonchev–Trinajstić information content (AvgIpc) is 2.64. The first-order chi connectivity index (χ1) is 8.13. The smallest absolute Gasteiger partial charge is 0.153 e. The topological polar surface area (TPSA) is 42.7 Å². The number of nitrogens with one attached hydrogen (secondary N) is 1. The molecule has 0 aliphatic carbocycles. The van der Waals surface area contributed by atoms with Gasteiger partial charge in [-0.2, -0.15) is 0 Å². The summed E-state index contributed by atoms with van der Waals surface area (Å²) in [7, 11) is 3.66. The number of aromatic nitrogens is 3. The van der Waals surface area contributed by atoms with Crippen LogP contribution in [0.5, 0.6) is 0 Å². The van der Waals surface area contributed by atoms with Crippen LogP contribution in [0, 0.1) is 5.82 Å². The Morgan fingerprint density at radius 2 is 2.00 bits per heavy atom. The zero-order valence-electron chi connectivity index (χ0n) is 9.48. The van der Waals surface area contributed by atoms with Crippen molar-refractivity contribution in [3.8, 4) is 0 Å². The van der Waals surface area contributed by atoms with E-state index in [-0.39, 0.29) is 11.9 Å². The van der Waals surface area contributed by atoms with Crippen LogP contribution in [0.3, 0.4) is 0 Å². The van der Waals surface area contributed by atoms with Gasteiger partial charge in [0, 0.05) is 7.05 Å². The van der Waals surface area contributed by atoms with Crippen molar-refractivity contribution in [2.45, 2.75) is 6.04 Å². The molecule has 1 unspecified atom stereocenters. The van der Waals surface area contributed by atoms with Crippen molar-refractivity contribution in [3.63, 3.8) is 0 Å². The summed E-state index contributed by atoms with van der Waals surface area (Å²) < 4.78 is 15.3. The molecule has 1 N–H and O–H groups in total. The number of benzene rings is 1. The minimum atomic E-state index is -0.245. The van der Waals surface area contributed by atoms with E-state index in [9.17, 15) is 4.39 Å². The molecule has 1 aromatic carbocycles. The van der Waals surface area contributed by atoms with Gasteiger partial charge in [0.1, 0.15) is 5.82 Å². The Bertz CT molecular complexity index is 489. The van der Waals surface area contributed by atoms with E-state index in [2.05, 4.69) is 31.6 Å². The molecule has 1 heterocycles. The zero-order valence-corrected chi connectivity index (χ0v) is 11.1. The summed E-state index contributed by atoms with van der Waals surface area (Å²) in [4.78, 5) is 0. The Morgan fingerprint density at radius 3 is 2.47 bits per heavy atom. The molecular formula is C11H12BrFN4. The first-order valence-electron chi connectivity index (χ1n) is 5.11. The second-order valence-electron chi connectivity index (χ2n) is 3.66. The average molecular weight is 299 g/mol. The van der Waals surface area contributed by atoms with E-state index in [0.717, 1.165) is 11.3 Å². The SMILES string of the molecule is CNC(c1ccc(F)cc1)c1c(Br)nnn1C. The van der Waals surface area contributed by atoms with Crippen LogP contribution < -0.4 is 5.32 Å². The third-order valence-electron chi connectivity index (χ3n) is 2.59. The molecule has 0 spiro atoms. The maximum absolute atomic E-state index is 12.9. The fourth-order valence-electron chi connectivity index (χ4n) is 1.76. The summed E-state index contributed by atoms with van der Waals surface area (Å²) in [5.74, 6) is -0.245. The van der Waals surface area contributed by atoms with E-state index in [1.54, 1.807) is 16.8 Å². The van der Waals surface area contributed by atoms with Gasteiger partial charge in [-0.25, -0.2) is 9.07 Å². The van der Waals surface area contributed by atoms with Crippen LogP contribution in [0.1, 0.15) is 17.3 Å². The highest BCUT2D eigenvalue weighted by Crippen LogP contribution is 2.26. The van der Waals surface area contributed by atoms with Gasteiger partial charge in [0.15, 0.2) is 4.60 Å². The third kappa shape index (κ3) is 2.37. The predicted molar refractivity (Wildman–Crippen MR) is 66.0 cm³/mol. The highest BCUT2D eigenvalue weighted by molar-refractivity contribution is 9.10. The van der Waals surface area contributed by atoms with Crippen LogP contribution in [-0.4, -0.2) is 22.0 Å². The molecule has 0 aliphatic heterocycles. The molecule has 4 nitrogen and oxygen atoms in total. The van der Waals surface area contributed by atoms with Crippen molar-refractivity contribution in [2.24, 2.45) is 7.05 Å². The summed E-state index contributed by atoms with van der Waals surface area (Å²) in [6.07, 6.45) is 0. The summed E-state index contributed by atoms with van der Waals surface area (Å²) in [5.41, 5.74) is 1.86. The van der Waals surface area contributed by atoms with Gasteiger partial charge in [0.2, 0.25) is 0 Å². The van der Waals surface area contributed by atoms with E-state index in [1.807, 2.05) is 14.1 Å². The van der Waals surface area contributed by atoms with Crippen molar-refractivity contribution in [1.82, 2.24) is 20.3 Å². The lowest BCUT2D eigenvalue weighted by Crippen LogP contribution is -2.21. The van der Waals surface area contributed by atoms with Crippen molar-refractivity contribution < 1.29 is 4.39 Å². The molecule has 90 valence electrons. The molecule has 0 radical (unpaired) electrons. The van der Waals surface area contributed by atoms with Crippen LogP contribution in [0.2, 0.25) is 0 Å². The van der Waals surface area contributed by atoms with E-state index in [0.29, 0.717) is 4.60 Å². The van der Waals surface area contributed by atoms with Gasteiger partial charge in [-0.05, 0) is 40.7 Å². The van der Waals surface area contributed by atoms with Crippen LogP contribution in [0.25, 0.3) is 0 Å². The molecule has 0 fully saturated rings. The van der Waals surface area contributed by atoms with Crippen molar-refractivity contribution in [1.29, 1.82) is 0 Å². The van der Waals surface area contributed by atoms with E-state index < -0.39 is 0 Å². The Kier molecular flexibility index (Phi) is 3.54. The van der Waals surface area contributed by atoms with Crippen LogP contribution >= 0.6 is 15.9 Å². The fraction of sp³-hybridized carbons (Fsp3) is 0.273. The number of rotatable bonds is 3. The predicted octanol–water partition coefficient (Wildman–Crippen LogP) is 2.03. The van der Waals surface area contributed by atoms with Gasteiger partial charge in [-0.3, -0.25) is 0 Å². The largest absolute Gasteiger partial charge is 0.308 e. The Hall–Kier alpha value is -1.27. The zero-order chi connectivity index (χ0) is 12.4. The highest BCUT2D eigenvalue weighted by atomic mass is 79.9. The number of nitrogens with zero attached hydrogens (tertiary/aromatic N) is 3. The second-order valence-corrected chi connectivity index (χ2v) is 4.41. The Balaban J connectivity index is 2.43. The van der Waals surface area contributed by atoms with Gasteiger partial charge in [0.05, 0.1) is 11.7 Å². The monoisotopic (exact) mass is 298 g/mol. The lowest BCUT2D eigenvalue weighted by Gasteiger charge is -2.16. The standard InChI is InChI=1S/C11H12BrFN4/c1-14-9(7-3-5-8(13)6-4-7)10-11(12)15-16-17(10)2/h3-6,9,14H,1-2H3. The summed E-state index contributed by atoms with van der Waals surface area (Å²) >= 11 is 3.36. The lowest BCUT2D eigenvalue weighted by molar-refractivity contribution is 0.592. The summed E-state index contributed by atoms with van der Waals surface area (Å²) in [6.45, 7) is 0. The first kappa shape index (κ1) is 12.2. The molecular weight excluding hydrogens is 287 g/mol. The van der Waals surface area contributed by atoms with Crippen molar-refractivity contribution in [3.05, 3.63) is 45.9 Å². The lowest BCUT2D eigenvalue weighted by atomic mass is 10.0. The molecule has 1 aromatic heterocycles. The van der Waals surface area contributed by atoms with Gasteiger partial charge >= 0.3 is 0 Å². The normalized spacial score (nSPS) is 12.7. The third-order valence-corrected chi connectivity index (χ3v) is 3.16. The maximum atomic E-state index is 12.9. The fourth-order valence-corrected chi connectivity index (χ4v) is 2.32. The van der Waals surface area contributed by atoms with Crippen molar-refractivity contribution in [2.75, 3.05) is 7.05 Å². The van der Waals surface area contributed by atoms with Gasteiger partial charge in [-0.1, -0.05) is 17.3 Å². The number of aryl methyl sites for hydroxylation is 1. The minimum Gasteiger partial charge on any atom is -0.308 e. The Morgan fingerprint density at radius 1 is 1.35 bits per heavy atom. The first-order valence-corrected chi connectivity index (χ1v) is 5.90. The molecule has 1 atom stereocenters. The molecule has 0 aliphatic rings. The van der Waals surface area contributed by atoms with Crippen LogP contribution in [0.15, 0.2) is 28.9 Å². The van der Waals surface area contributed by atoms with E-state index >= 15 is 0 Å². The van der Waals surface area contributed by atoms with E-state index in [4.69, 9.17) is 0 Å². The quantitative estimate of drug-likeness (QED) is 0.943. The number of hydrogen-bond donors (Lipinski definition) is 1. The molecule has 0 bridgehead atoms. The minimum absolute atomic E-state index is 0.0787. The highest BCUT2D eigenvalue weighted by Gasteiger charge is 2.20.